The van der Waals surface area contributed by atoms with Crippen LogP contribution in [0.1, 0.15) is 0 Å². The molecular weight excluding hydrogens is 711 g/mol. The lowest BCUT2D eigenvalue weighted by Gasteiger charge is -2.13. The molecule has 0 atom stereocenters. The molecule has 0 saturated heterocycles. The molecule has 13 rings (SSSR count). The average Bonchev–Trinajstić information content (AvgIpc) is 3.88. The van der Waals surface area contributed by atoms with Gasteiger partial charge in [0.15, 0.2) is 17.5 Å². The monoisotopic (exact) mass is 739 g/mol. The number of pyridine rings is 1. The minimum atomic E-state index is 0.585. The van der Waals surface area contributed by atoms with Crippen molar-refractivity contribution in [2.75, 3.05) is 0 Å². The van der Waals surface area contributed by atoms with Crippen molar-refractivity contribution in [3.8, 4) is 34.2 Å². The summed E-state index contributed by atoms with van der Waals surface area (Å²) in [5.74, 6) is 1.78. The first-order valence-electron chi connectivity index (χ1n) is 19.5. The minimum absolute atomic E-state index is 0.585. The van der Waals surface area contributed by atoms with Crippen LogP contribution in [0.25, 0.3) is 127 Å². The Morgan fingerprint density at radius 1 is 0.345 bits per heavy atom. The highest BCUT2D eigenvalue weighted by atomic mass is 16.3. The van der Waals surface area contributed by atoms with E-state index in [9.17, 15) is 0 Å². The third kappa shape index (κ3) is 4.42. The van der Waals surface area contributed by atoms with Crippen molar-refractivity contribution in [2.45, 2.75) is 0 Å². The summed E-state index contributed by atoms with van der Waals surface area (Å²) in [5.41, 5.74) is 8.38. The van der Waals surface area contributed by atoms with Gasteiger partial charge in [-0.05, 0) is 86.2 Å². The van der Waals surface area contributed by atoms with E-state index in [1.165, 1.54) is 26.9 Å². The zero-order valence-electron chi connectivity index (χ0n) is 30.9. The maximum absolute atomic E-state index is 6.34. The number of fused-ring (bicyclic) bond motifs is 17. The molecule has 0 bridgehead atoms. The molecule has 0 spiro atoms. The molecule has 0 unspecified atom stereocenters. The molecule has 268 valence electrons. The Labute approximate surface area is 330 Å². The van der Waals surface area contributed by atoms with Crippen molar-refractivity contribution in [1.29, 1.82) is 0 Å². The summed E-state index contributed by atoms with van der Waals surface area (Å²) in [6.07, 6.45) is 0. The second kappa shape index (κ2) is 11.8. The number of imidazole rings is 1. The van der Waals surface area contributed by atoms with E-state index in [1.54, 1.807) is 0 Å². The lowest BCUT2D eigenvalue weighted by atomic mass is 9.93. The van der Waals surface area contributed by atoms with Gasteiger partial charge in [0, 0.05) is 38.2 Å². The van der Waals surface area contributed by atoms with Crippen LogP contribution in [0.5, 0.6) is 0 Å². The molecule has 0 aliphatic rings. The quantitative estimate of drug-likeness (QED) is 0.169. The number of furan rings is 1. The average molecular weight is 740 g/mol. The van der Waals surface area contributed by atoms with Gasteiger partial charge >= 0.3 is 0 Å². The largest absolute Gasteiger partial charge is 0.456 e. The first-order valence-corrected chi connectivity index (χ1v) is 19.5. The van der Waals surface area contributed by atoms with Crippen molar-refractivity contribution in [2.24, 2.45) is 0 Å². The number of benzene rings is 9. The maximum atomic E-state index is 6.34. The molecule has 0 N–H and O–H groups in total. The molecule has 13 aromatic rings. The number of para-hydroxylation sites is 3. The highest BCUT2D eigenvalue weighted by Gasteiger charge is 2.20. The third-order valence-electron chi connectivity index (χ3n) is 11.8. The van der Waals surface area contributed by atoms with Crippen LogP contribution in [-0.2, 0) is 0 Å². The zero-order valence-corrected chi connectivity index (χ0v) is 30.9. The van der Waals surface area contributed by atoms with Gasteiger partial charge in [-0.25, -0.2) is 19.9 Å². The number of hydrogen-bond donors (Lipinski definition) is 0. The van der Waals surface area contributed by atoms with E-state index < -0.39 is 0 Å². The van der Waals surface area contributed by atoms with Crippen LogP contribution >= 0.6 is 0 Å². The lowest BCUT2D eigenvalue weighted by Crippen LogP contribution is -2.01. The molecule has 58 heavy (non-hydrogen) atoms. The van der Waals surface area contributed by atoms with Gasteiger partial charge in [-0.15, -0.1) is 0 Å². The summed E-state index contributed by atoms with van der Waals surface area (Å²) in [7, 11) is 0. The van der Waals surface area contributed by atoms with E-state index in [0.29, 0.717) is 17.5 Å². The Balaban J connectivity index is 1.10. The van der Waals surface area contributed by atoms with Crippen LogP contribution in [0.2, 0.25) is 0 Å². The van der Waals surface area contributed by atoms with Gasteiger partial charge in [-0.3, -0.25) is 4.40 Å². The highest BCUT2D eigenvalue weighted by Crippen LogP contribution is 2.40. The molecule has 0 aliphatic carbocycles. The van der Waals surface area contributed by atoms with Gasteiger partial charge in [0.2, 0.25) is 0 Å². The van der Waals surface area contributed by atoms with Gasteiger partial charge in [-0.1, -0.05) is 127 Å². The van der Waals surface area contributed by atoms with Crippen molar-refractivity contribution in [3.05, 3.63) is 176 Å². The molecule has 0 aliphatic heterocycles. The molecule has 6 heteroatoms. The lowest BCUT2D eigenvalue weighted by molar-refractivity contribution is 0.669. The molecule has 6 nitrogen and oxygen atoms in total. The summed E-state index contributed by atoms with van der Waals surface area (Å²) < 4.78 is 8.61. The fraction of sp³-hybridized carbons (Fsp3) is 0. The topological polar surface area (TPSA) is 69.1 Å². The smallest absolute Gasteiger partial charge is 0.164 e. The van der Waals surface area contributed by atoms with Crippen molar-refractivity contribution >= 4 is 92.6 Å². The van der Waals surface area contributed by atoms with E-state index in [0.717, 1.165) is 82.4 Å². The number of rotatable bonds is 3. The van der Waals surface area contributed by atoms with E-state index in [1.807, 2.05) is 36.4 Å². The summed E-state index contributed by atoms with van der Waals surface area (Å²) in [4.78, 5) is 21.0. The van der Waals surface area contributed by atoms with Crippen molar-refractivity contribution < 1.29 is 4.42 Å². The Bertz CT molecular complexity index is 3840. The van der Waals surface area contributed by atoms with Gasteiger partial charge in [0.25, 0.3) is 0 Å². The second-order valence-corrected chi connectivity index (χ2v) is 15.0. The third-order valence-corrected chi connectivity index (χ3v) is 11.8. The molecule has 0 saturated carbocycles. The summed E-state index contributed by atoms with van der Waals surface area (Å²) in [6, 6.07) is 61.5. The Kier molecular flexibility index (Phi) is 6.35. The van der Waals surface area contributed by atoms with Crippen LogP contribution in [0.15, 0.2) is 180 Å². The molecule has 0 amide bonds. The van der Waals surface area contributed by atoms with Gasteiger partial charge in [0.1, 0.15) is 16.8 Å². The van der Waals surface area contributed by atoms with Crippen LogP contribution < -0.4 is 0 Å². The zero-order chi connectivity index (χ0) is 37.9. The normalized spacial score (nSPS) is 12.1. The predicted octanol–water partition coefficient (Wildman–Crippen LogP) is 13.3. The van der Waals surface area contributed by atoms with E-state index in [2.05, 4.69) is 144 Å². The minimum Gasteiger partial charge on any atom is -0.456 e. The number of aromatic nitrogens is 5. The van der Waals surface area contributed by atoms with Crippen LogP contribution in [-0.4, -0.2) is 24.3 Å². The molecule has 0 fully saturated rings. The maximum Gasteiger partial charge on any atom is 0.164 e. The predicted molar refractivity (Wildman–Crippen MR) is 237 cm³/mol. The Morgan fingerprint density at radius 3 is 1.62 bits per heavy atom. The number of nitrogens with zero attached hydrogens (tertiary/aromatic N) is 5. The fourth-order valence-corrected chi connectivity index (χ4v) is 9.21. The Hall–Kier alpha value is -7.96. The standard InChI is InChI=1S/C52H29N5O/c1-2-14-34-32(12-1)33-13-3-4-15-35(33)41-28-30(24-26-37(34)41)49-54-50(56-51(55-49)40-19-11-23-47-48(40)39-18-7-10-22-46(39)58-47)31-25-27-44-42(29-31)36-16-5-6-17-38(36)52-53-43-20-8-9-21-45(43)57(44)52/h1-29H. The van der Waals surface area contributed by atoms with E-state index in [4.69, 9.17) is 24.4 Å². The van der Waals surface area contributed by atoms with Crippen LogP contribution in [0.3, 0.4) is 0 Å². The second-order valence-electron chi connectivity index (χ2n) is 15.0. The van der Waals surface area contributed by atoms with Crippen LogP contribution in [0.4, 0.5) is 0 Å². The first kappa shape index (κ1) is 31.3. The van der Waals surface area contributed by atoms with Crippen LogP contribution in [0, 0.1) is 0 Å². The van der Waals surface area contributed by atoms with Gasteiger partial charge in [-0.2, -0.15) is 0 Å². The number of hydrogen-bond acceptors (Lipinski definition) is 5. The summed E-state index contributed by atoms with van der Waals surface area (Å²) >= 11 is 0. The fourth-order valence-electron chi connectivity index (χ4n) is 9.21. The van der Waals surface area contributed by atoms with E-state index in [-0.39, 0.29) is 0 Å². The molecular formula is C52H29N5O. The summed E-state index contributed by atoms with van der Waals surface area (Å²) in [5, 5.41) is 12.6. The highest BCUT2D eigenvalue weighted by molar-refractivity contribution is 6.25. The van der Waals surface area contributed by atoms with Crippen molar-refractivity contribution in [3.63, 3.8) is 0 Å². The molecule has 4 aromatic heterocycles. The Morgan fingerprint density at radius 2 is 0.879 bits per heavy atom. The van der Waals surface area contributed by atoms with Crippen molar-refractivity contribution in [1.82, 2.24) is 24.3 Å². The van der Waals surface area contributed by atoms with E-state index >= 15 is 0 Å². The van der Waals surface area contributed by atoms with Gasteiger partial charge < -0.3 is 4.42 Å². The molecule has 4 heterocycles. The molecule has 0 radical (unpaired) electrons. The first-order chi connectivity index (χ1) is 28.7. The summed E-state index contributed by atoms with van der Waals surface area (Å²) in [6.45, 7) is 0. The SMILES string of the molecule is c1ccc2c(c1)nc1c3ccccc3c3cc(-c4nc(-c5ccc6c7ccccc7c7ccccc7c6c5)nc(-c5cccc6oc7ccccc7c56)n4)ccc3n21. The molecule has 9 aromatic carbocycles. The van der Waals surface area contributed by atoms with Gasteiger partial charge in [0.05, 0.1) is 16.6 Å².